The van der Waals surface area contributed by atoms with E-state index < -0.39 is 0 Å². The molecule has 0 aliphatic carbocycles. The molecule has 1 aromatic heterocycles. The van der Waals surface area contributed by atoms with Gasteiger partial charge in [-0.25, -0.2) is 5.43 Å². The molecular formula is C23H19ClN4O. The topological polar surface area (TPSA) is 69.3 Å². The van der Waals surface area contributed by atoms with Crippen LogP contribution in [0, 0.1) is 0 Å². The number of hydrogen-bond acceptors (Lipinski definition) is 3. The fourth-order valence-corrected chi connectivity index (χ4v) is 3.10. The number of fused-ring (bicyclic) bond motifs is 1. The highest BCUT2D eigenvalue weighted by Crippen LogP contribution is 2.16. The Morgan fingerprint density at radius 3 is 2.55 bits per heavy atom. The highest BCUT2D eigenvalue weighted by molar-refractivity contribution is 6.30. The van der Waals surface area contributed by atoms with Crippen molar-refractivity contribution >= 4 is 40.3 Å². The molecule has 4 rings (SSSR count). The van der Waals surface area contributed by atoms with Crippen molar-refractivity contribution in [2.75, 3.05) is 5.32 Å². The van der Waals surface area contributed by atoms with Crippen LogP contribution in [-0.2, 0) is 6.54 Å². The number of para-hydroxylation sites is 1. The molecule has 0 unspecified atom stereocenters. The summed E-state index contributed by atoms with van der Waals surface area (Å²) in [6.07, 6.45) is 3.50. The van der Waals surface area contributed by atoms with E-state index in [4.69, 9.17) is 11.6 Å². The highest BCUT2D eigenvalue weighted by Gasteiger charge is 2.05. The fourth-order valence-electron chi connectivity index (χ4n) is 2.97. The van der Waals surface area contributed by atoms with Gasteiger partial charge in [-0.15, -0.1) is 0 Å². The molecule has 6 heteroatoms. The van der Waals surface area contributed by atoms with Gasteiger partial charge >= 0.3 is 0 Å². The monoisotopic (exact) mass is 402 g/mol. The van der Waals surface area contributed by atoms with E-state index in [1.54, 1.807) is 18.3 Å². The highest BCUT2D eigenvalue weighted by atomic mass is 35.5. The van der Waals surface area contributed by atoms with Crippen molar-refractivity contribution in [3.05, 3.63) is 101 Å². The second-order valence-electron chi connectivity index (χ2n) is 6.55. The summed E-state index contributed by atoms with van der Waals surface area (Å²) >= 11 is 5.90. The van der Waals surface area contributed by atoms with Gasteiger partial charge < -0.3 is 10.3 Å². The van der Waals surface area contributed by atoms with Crippen molar-refractivity contribution in [2.24, 2.45) is 5.10 Å². The second-order valence-corrected chi connectivity index (χ2v) is 6.98. The number of anilines is 1. The number of hydrazone groups is 1. The molecule has 0 radical (unpaired) electrons. The molecule has 0 spiro atoms. The number of rotatable bonds is 6. The molecule has 4 aromatic rings. The van der Waals surface area contributed by atoms with Crippen molar-refractivity contribution in [2.45, 2.75) is 6.54 Å². The Balaban J connectivity index is 1.33. The van der Waals surface area contributed by atoms with Crippen LogP contribution in [0.3, 0.4) is 0 Å². The third-order valence-electron chi connectivity index (χ3n) is 4.55. The predicted octanol–water partition coefficient (Wildman–Crippen LogP) is 5.20. The maximum Gasteiger partial charge on any atom is 0.271 e. The molecule has 1 heterocycles. The first-order valence-electron chi connectivity index (χ1n) is 9.17. The zero-order valence-electron chi connectivity index (χ0n) is 15.5. The van der Waals surface area contributed by atoms with Crippen LogP contribution in [0.25, 0.3) is 10.9 Å². The number of carbonyl (C=O) groups is 1. The fraction of sp³-hybridized carbons (Fsp3) is 0.0435. The van der Waals surface area contributed by atoms with Crippen LogP contribution < -0.4 is 10.7 Å². The number of carbonyl (C=O) groups excluding carboxylic acids is 1. The molecule has 1 amide bonds. The Labute approximate surface area is 173 Å². The molecule has 29 heavy (non-hydrogen) atoms. The van der Waals surface area contributed by atoms with Crippen LogP contribution in [-0.4, -0.2) is 17.1 Å². The normalized spacial score (nSPS) is 11.1. The number of benzene rings is 3. The van der Waals surface area contributed by atoms with E-state index in [2.05, 4.69) is 20.8 Å². The molecule has 0 saturated heterocycles. The summed E-state index contributed by atoms with van der Waals surface area (Å²) in [5.41, 5.74) is 7.11. The molecule has 0 aliphatic rings. The van der Waals surface area contributed by atoms with Crippen LogP contribution >= 0.6 is 11.6 Å². The van der Waals surface area contributed by atoms with Gasteiger partial charge in [0.1, 0.15) is 0 Å². The number of H-pyrrole nitrogens is 1. The summed E-state index contributed by atoms with van der Waals surface area (Å²) in [7, 11) is 0. The molecular weight excluding hydrogens is 384 g/mol. The molecule has 0 fully saturated rings. The average molecular weight is 403 g/mol. The molecule has 0 saturated carbocycles. The smallest absolute Gasteiger partial charge is 0.271 e. The zero-order chi connectivity index (χ0) is 20.1. The van der Waals surface area contributed by atoms with E-state index in [0.717, 1.165) is 32.7 Å². The summed E-state index contributed by atoms with van der Waals surface area (Å²) < 4.78 is 0. The minimum atomic E-state index is -0.259. The molecule has 3 aromatic carbocycles. The largest absolute Gasteiger partial charge is 0.381 e. The number of aromatic amines is 1. The summed E-state index contributed by atoms with van der Waals surface area (Å²) in [6.45, 7) is 0.678. The van der Waals surface area contributed by atoms with Crippen molar-refractivity contribution in [1.29, 1.82) is 0 Å². The minimum absolute atomic E-state index is 0.259. The van der Waals surface area contributed by atoms with Crippen LogP contribution in [0.4, 0.5) is 5.69 Å². The van der Waals surface area contributed by atoms with Gasteiger partial charge in [0.25, 0.3) is 5.91 Å². The first kappa shape index (κ1) is 18.8. The SMILES string of the molecule is O=C(NN=Cc1c[nH]c2ccccc12)c1ccc(NCc2ccc(Cl)cc2)cc1. The van der Waals surface area contributed by atoms with Gasteiger partial charge in [0.15, 0.2) is 0 Å². The Kier molecular flexibility index (Phi) is 5.59. The Morgan fingerprint density at radius 1 is 1.00 bits per heavy atom. The van der Waals surface area contributed by atoms with E-state index in [1.165, 1.54) is 0 Å². The maximum atomic E-state index is 12.3. The van der Waals surface area contributed by atoms with Gasteiger partial charge in [-0.1, -0.05) is 41.9 Å². The van der Waals surface area contributed by atoms with Crippen molar-refractivity contribution in [3.63, 3.8) is 0 Å². The second kappa shape index (κ2) is 8.63. The number of amides is 1. The zero-order valence-corrected chi connectivity index (χ0v) is 16.3. The van der Waals surface area contributed by atoms with Gasteiger partial charge in [-0.05, 0) is 48.0 Å². The van der Waals surface area contributed by atoms with E-state index in [-0.39, 0.29) is 5.91 Å². The summed E-state index contributed by atoms with van der Waals surface area (Å²) in [5.74, 6) is -0.259. The van der Waals surface area contributed by atoms with E-state index in [1.807, 2.05) is 66.9 Å². The molecule has 0 atom stereocenters. The van der Waals surface area contributed by atoms with E-state index in [9.17, 15) is 4.79 Å². The Bertz CT molecular complexity index is 1150. The lowest BCUT2D eigenvalue weighted by molar-refractivity contribution is 0.0955. The first-order chi connectivity index (χ1) is 14.2. The number of nitrogens with zero attached hydrogens (tertiary/aromatic N) is 1. The minimum Gasteiger partial charge on any atom is -0.381 e. The quantitative estimate of drug-likeness (QED) is 0.306. The number of hydrogen-bond donors (Lipinski definition) is 3. The standard InChI is InChI=1S/C23H19ClN4O/c24-19-9-5-16(6-10-19)13-25-20-11-7-17(8-12-20)23(29)28-27-15-18-14-26-22-4-2-1-3-21(18)22/h1-12,14-15,25-26H,13H2,(H,28,29). The van der Waals surface area contributed by atoms with Gasteiger partial charge in [0.05, 0.1) is 6.21 Å². The van der Waals surface area contributed by atoms with Gasteiger partial charge in [-0.2, -0.15) is 5.10 Å². The molecule has 0 aliphatic heterocycles. The average Bonchev–Trinajstić information content (AvgIpc) is 3.17. The first-order valence-corrected chi connectivity index (χ1v) is 9.55. The number of aromatic nitrogens is 1. The van der Waals surface area contributed by atoms with Crippen molar-refractivity contribution in [3.8, 4) is 0 Å². The number of nitrogens with one attached hydrogen (secondary N) is 3. The third kappa shape index (κ3) is 4.65. The number of halogens is 1. The van der Waals surface area contributed by atoms with Gasteiger partial charge in [0, 0.05) is 45.5 Å². The molecule has 5 nitrogen and oxygen atoms in total. The summed E-state index contributed by atoms with van der Waals surface area (Å²) in [6, 6.07) is 22.9. The van der Waals surface area contributed by atoms with Crippen LogP contribution in [0.15, 0.2) is 84.1 Å². The maximum absolute atomic E-state index is 12.3. The third-order valence-corrected chi connectivity index (χ3v) is 4.80. The Hall–Kier alpha value is -3.57. The molecule has 0 bridgehead atoms. The van der Waals surface area contributed by atoms with Gasteiger partial charge in [-0.3, -0.25) is 4.79 Å². The lowest BCUT2D eigenvalue weighted by atomic mass is 10.2. The molecule has 144 valence electrons. The van der Waals surface area contributed by atoms with Crippen LogP contribution in [0.2, 0.25) is 5.02 Å². The molecule has 3 N–H and O–H groups in total. The van der Waals surface area contributed by atoms with E-state index >= 15 is 0 Å². The van der Waals surface area contributed by atoms with Gasteiger partial charge in [0.2, 0.25) is 0 Å². The Morgan fingerprint density at radius 2 is 1.76 bits per heavy atom. The summed E-state index contributed by atoms with van der Waals surface area (Å²) in [5, 5.41) is 9.17. The van der Waals surface area contributed by atoms with Crippen molar-refractivity contribution in [1.82, 2.24) is 10.4 Å². The van der Waals surface area contributed by atoms with Crippen LogP contribution in [0.1, 0.15) is 21.5 Å². The van der Waals surface area contributed by atoms with Crippen molar-refractivity contribution < 1.29 is 4.79 Å². The predicted molar refractivity (Wildman–Crippen MR) is 119 cm³/mol. The van der Waals surface area contributed by atoms with Crippen LogP contribution in [0.5, 0.6) is 0 Å². The van der Waals surface area contributed by atoms with E-state index in [0.29, 0.717) is 12.1 Å². The lowest BCUT2D eigenvalue weighted by Crippen LogP contribution is -2.17. The lowest BCUT2D eigenvalue weighted by Gasteiger charge is -2.07. The summed E-state index contributed by atoms with van der Waals surface area (Å²) in [4.78, 5) is 15.5.